The van der Waals surface area contributed by atoms with Gasteiger partial charge in [0.05, 0.1) is 17.8 Å². The predicted octanol–water partition coefficient (Wildman–Crippen LogP) is 1.61. The van der Waals surface area contributed by atoms with Gasteiger partial charge in [-0.1, -0.05) is 6.92 Å². The number of carbonyl (C=O) groups excluding carboxylic acids is 3. The van der Waals surface area contributed by atoms with E-state index in [1.165, 1.54) is 6.92 Å². The summed E-state index contributed by atoms with van der Waals surface area (Å²) >= 11 is 0. The number of ketones is 1. The number of Topliss-reactive ketones (excluding diaryl/α,β-unsaturated/α-hetero) is 1. The van der Waals surface area contributed by atoms with Crippen molar-refractivity contribution >= 4 is 18.4 Å². The average molecular weight is 284 g/mol. The molecule has 0 aromatic heterocycles. The van der Waals surface area contributed by atoms with Gasteiger partial charge >= 0.3 is 0 Å². The lowest BCUT2D eigenvalue weighted by molar-refractivity contribution is 0.0952. The first-order chi connectivity index (χ1) is 9.38. The van der Waals surface area contributed by atoms with E-state index in [1.54, 1.807) is 0 Å². The maximum atomic E-state index is 12.4. The van der Waals surface area contributed by atoms with Crippen LogP contribution in [0.1, 0.15) is 44.4 Å². The second kappa shape index (κ2) is 6.14. The van der Waals surface area contributed by atoms with Crippen LogP contribution in [0.2, 0.25) is 0 Å². The van der Waals surface area contributed by atoms with E-state index in [9.17, 15) is 34.1 Å². The summed E-state index contributed by atoms with van der Waals surface area (Å²) < 4.78 is 12.4. The van der Waals surface area contributed by atoms with Crippen LogP contribution in [0.3, 0.4) is 0 Å². The van der Waals surface area contributed by atoms with Crippen LogP contribution < -0.4 is 0 Å². The van der Waals surface area contributed by atoms with E-state index in [2.05, 4.69) is 0 Å². The molecule has 0 amide bonds. The number of phenols is 3. The van der Waals surface area contributed by atoms with Gasteiger partial charge in [0.25, 0.3) is 0 Å². The minimum Gasteiger partial charge on any atom is -0.506 e. The molecule has 1 unspecified atom stereocenters. The van der Waals surface area contributed by atoms with E-state index in [-0.39, 0.29) is 19.0 Å². The van der Waals surface area contributed by atoms with Gasteiger partial charge in [0.1, 0.15) is 22.8 Å². The summed E-state index contributed by atoms with van der Waals surface area (Å²) in [5.41, 5.74) is -2.03. The summed E-state index contributed by atoms with van der Waals surface area (Å²) in [6.45, 7) is 0.653. The lowest BCUT2D eigenvalue weighted by Crippen LogP contribution is -2.10. The van der Waals surface area contributed by atoms with Crippen molar-refractivity contribution in [3.05, 3.63) is 16.7 Å². The molecule has 20 heavy (non-hydrogen) atoms. The van der Waals surface area contributed by atoms with Crippen molar-refractivity contribution in [2.24, 2.45) is 5.92 Å². The standard InChI is InChI=1S/C13H13FO6/c1-6(3-14)2-9(17)10-12(19)7(4-15)11(18)8(5-16)13(10)20/h4-6,18-20H,2-3H2,1H3. The largest absolute Gasteiger partial charge is 0.506 e. The molecule has 1 atom stereocenters. The van der Waals surface area contributed by atoms with Gasteiger partial charge in [-0.05, 0) is 5.92 Å². The maximum Gasteiger partial charge on any atom is 0.170 e. The second-order valence-corrected chi connectivity index (χ2v) is 4.37. The number of phenolic OH excluding ortho intramolecular Hbond substituents is 3. The maximum absolute atomic E-state index is 12.4. The number of halogens is 1. The number of aldehydes is 2. The molecule has 0 aliphatic carbocycles. The molecule has 0 saturated heterocycles. The van der Waals surface area contributed by atoms with E-state index in [0.29, 0.717) is 0 Å². The Hall–Kier alpha value is -2.44. The van der Waals surface area contributed by atoms with Crippen LogP contribution in [0.5, 0.6) is 17.2 Å². The highest BCUT2D eigenvalue weighted by Crippen LogP contribution is 2.41. The highest BCUT2D eigenvalue weighted by atomic mass is 19.1. The number of benzene rings is 1. The fourth-order valence-electron chi connectivity index (χ4n) is 1.71. The fourth-order valence-corrected chi connectivity index (χ4v) is 1.71. The molecule has 1 aromatic carbocycles. The van der Waals surface area contributed by atoms with Crippen LogP contribution in [0.4, 0.5) is 4.39 Å². The molecule has 0 saturated carbocycles. The molecule has 1 rings (SSSR count). The first-order valence-corrected chi connectivity index (χ1v) is 5.69. The lowest BCUT2D eigenvalue weighted by atomic mass is 9.94. The van der Waals surface area contributed by atoms with E-state index in [4.69, 9.17) is 0 Å². The number of alkyl halides is 1. The monoisotopic (exact) mass is 284 g/mol. The third-order valence-corrected chi connectivity index (χ3v) is 2.81. The summed E-state index contributed by atoms with van der Waals surface area (Å²) in [5.74, 6) is -4.28. The lowest BCUT2D eigenvalue weighted by Gasteiger charge is -2.13. The highest BCUT2D eigenvalue weighted by molar-refractivity contribution is 6.08. The Bertz CT molecular complexity index is 531. The second-order valence-electron chi connectivity index (χ2n) is 4.37. The van der Waals surface area contributed by atoms with Gasteiger partial charge in [-0.3, -0.25) is 18.8 Å². The Labute approximate surface area is 113 Å². The average Bonchev–Trinajstić information content (AvgIpc) is 2.39. The number of hydrogen-bond acceptors (Lipinski definition) is 6. The van der Waals surface area contributed by atoms with Gasteiger partial charge < -0.3 is 15.3 Å². The van der Waals surface area contributed by atoms with Crippen LogP contribution in [0.15, 0.2) is 0 Å². The van der Waals surface area contributed by atoms with Gasteiger partial charge in [0, 0.05) is 6.42 Å². The molecule has 0 heterocycles. The molecular weight excluding hydrogens is 271 g/mol. The Morgan fingerprint density at radius 3 is 1.90 bits per heavy atom. The normalized spacial score (nSPS) is 11.9. The first kappa shape index (κ1) is 15.6. The predicted molar refractivity (Wildman–Crippen MR) is 66.3 cm³/mol. The number of aromatic hydroxyl groups is 3. The zero-order valence-corrected chi connectivity index (χ0v) is 10.6. The van der Waals surface area contributed by atoms with Gasteiger partial charge in [0.2, 0.25) is 0 Å². The number of rotatable bonds is 6. The molecule has 1 aromatic rings. The molecule has 0 fully saturated rings. The molecule has 0 aliphatic rings. The quantitative estimate of drug-likeness (QED) is 0.540. The SMILES string of the molecule is CC(CF)CC(=O)c1c(O)c(C=O)c(O)c(C=O)c1O. The van der Waals surface area contributed by atoms with Crippen molar-refractivity contribution in [1.29, 1.82) is 0 Å². The van der Waals surface area contributed by atoms with Crippen molar-refractivity contribution in [2.45, 2.75) is 13.3 Å². The molecule has 3 N–H and O–H groups in total. The Kier molecular flexibility index (Phi) is 4.79. The van der Waals surface area contributed by atoms with Crippen molar-refractivity contribution in [3.63, 3.8) is 0 Å². The third-order valence-electron chi connectivity index (χ3n) is 2.81. The van der Waals surface area contributed by atoms with Crippen LogP contribution in [0.25, 0.3) is 0 Å². The van der Waals surface area contributed by atoms with E-state index < -0.39 is 52.3 Å². The molecule has 0 spiro atoms. The Morgan fingerprint density at radius 2 is 1.55 bits per heavy atom. The molecule has 0 bridgehead atoms. The minimum atomic E-state index is -0.934. The summed E-state index contributed by atoms with van der Waals surface area (Å²) in [6.07, 6.45) is -0.238. The molecule has 7 heteroatoms. The van der Waals surface area contributed by atoms with Crippen LogP contribution in [-0.4, -0.2) is 40.3 Å². The number of carbonyl (C=O) groups is 3. The number of hydrogen-bond donors (Lipinski definition) is 3. The smallest absolute Gasteiger partial charge is 0.170 e. The first-order valence-electron chi connectivity index (χ1n) is 5.69. The fraction of sp³-hybridized carbons (Fsp3) is 0.308. The molecule has 108 valence electrons. The van der Waals surface area contributed by atoms with E-state index in [0.717, 1.165) is 0 Å². The summed E-state index contributed by atoms with van der Waals surface area (Å²) in [6, 6.07) is 0. The topological polar surface area (TPSA) is 112 Å². The third kappa shape index (κ3) is 2.61. The van der Waals surface area contributed by atoms with Crippen molar-refractivity contribution in [2.75, 3.05) is 6.67 Å². The van der Waals surface area contributed by atoms with E-state index >= 15 is 0 Å². The van der Waals surface area contributed by atoms with Gasteiger partial charge in [-0.25, -0.2) is 0 Å². The van der Waals surface area contributed by atoms with Crippen molar-refractivity contribution in [1.82, 2.24) is 0 Å². The van der Waals surface area contributed by atoms with Crippen LogP contribution in [-0.2, 0) is 0 Å². The zero-order chi connectivity index (χ0) is 15.4. The van der Waals surface area contributed by atoms with Gasteiger partial charge in [-0.2, -0.15) is 0 Å². The van der Waals surface area contributed by atoms with Crippen molar-refractivity contribution in [3.8, 4) is 17.2 Å². The van der Waals surface area contributed by atoms with Crippen LogP contribution >= 0.6 is 0 Å². The van der Waals surface area contributed by atoms with Gasteiger partial charge in [0.15, 0.2) is 18.4 Å². The molecular formula is C13H13FO6. The highest BCUT2D eigenvalue weighted by Gasteiger charge is 2.27. The summed E-state index contributed by atoms with van der Waals surface area (Å²) in [5, 5.41) is 29.0. The van der Waals surface area contributed by atoms with Gasteiger partial charge in [-0.15, -0.1) is 0 Å². The molecule has 6 nitrogen and oxygen atoms in total. The zero-order valence-electron chi connectivity index (χ0n) is 10.6. The van der Waals surface area contributed by atoms with Crippen LogP contribution in [0, 0.1) is 5.92 Å². The summed E-state index contributed by atoms with van der Waals surface area (Å²) in [7, 11) is 0. The Morgan fingerprint density at radius 1 is 1.10 bits per heavy atom. The minimum absolute atomic E-state index is 0.0481. The summed E-state index contributed by atoms with van der Waals surface area (Å²) in [4.78, 5) is 33.5. The molecule has 0 radical (unpaired) electrons. The van der Waals surface area contributed by atoms with Crippen molar-refractivity contribution < 1.29 is 34.1 Å². The molecule has 0 aliphatic heterocycles. The Balaban J connectivity index is 3.50. The van der Waals surface area contributed by atoms with E-state index in [1.807, 2.05) is 0 Å².